The number of para-hydroxylation sites is 1. The second-order valence-corrected chi connectivity index (χ2v) is 5.37. The van der Waals surface area contributed by atoms with Crippen LogP contribution in [0.4, 0.5) is 5.69 Å². The van der Waals surface area contributed by atoms with Gasteiger partial charge in [0.25, 0.3) is 0 Å². The standard InChI is InChI=1S/C11H13N3S2/c1-2-5-10(6-3-1)12-7-4-8-15-11-14-13-9-16-11/h1-3,5-6,9,12H,4,7-8H2. The normalized spacial score (nSPS) is 10.2. The van der Waals surface area contributed by atoms with Crippen molar-refractivity contribution in [3.8, 4) is 0 Å². The van der Waals surface area contributed by atoms with E-state index >= 15 is 0 Å². The lowest BCUT2D eigenvalue weighted by Gasteiger charge is -2.04. The van der Waals surface area contributed by atoms with Crippen LogP contribution in [0.3, 0.4) is 0 Å². The van der Waals surface area contributed by atoms with Crippen LogP contribution in [-0.4, -0.2) is 22.5 Å². The smallest absolute Gasteiger partial charge is 0.174 e. The van der Waals surface area contributed by atoms with Gasteiger partial charge in [-0.15, -0.1) is 10.2 Å². The van der Waals surface area contributed by atoms with Gasteiger partial charge in [0.05, 0.1) is 0 Å². The van der Waals surface area contributed by atoms with Gasteiger partial charge in [0, 0.05) is 18.0 Å². The number of hydrogen-bond acceptors (Lipinski definition) is 5. The van der Waals surface area contributed by atoms with Crippen LogP contribution >= 0.6 is 23.1 Å². The molecule has 2 rings (SSSR count). The summed E-state index contributed by atoms with van der Waals surface area (Å²) in [7, 11) is 0. The van der Waals surface area contributed by atoms with Crippen LogP contribution in [0.25, 0.3) is 0 Å². The van der Waals surface area contributed by atoms with Crippen LogP contribution in [0.15, 0.2) is 40.2 Å². The van der Waals surface area contributed by atoms with Gasteiger partial charge in [0.1, 0.15) is 5.51 Å². The highest BCUT2D eigenvalue weighted by atomic mass is 32.2. The van der Waals surface area contributed by atoms with E-state index in [1.807, 2.05) is 18.2 Å². The van der Waals surface area contributed by atoms with Crippen LogP contribution in [0, 0.1) is 0 Å². The summed E-state index contributed by atoms with van der Waals surface area (Å²) >= 11 is 3.36. The first-order valence-electron chi connectivity index (χ1n) is 5.13. The first-order valence-corrected chi connectivity index (χ1v) is 6.99. The first-order chi connectivity index (χ1) is 7.95. The molecule has 84 valence electrons. The lowest BCUT2D eigenvalue weighted by atomic mass is 10.3. The molecular formula is C11H13N3S2. The molecule has 1 heterocycles. The minimum atomic E-state index is 0.996. The predicted octanol–water partition coefficient (Wildman–Crippen LogP) is 3.13. The van der Waals surface area contributed by atoms with E-state index in [9.17, 15) is 0 Å². The molecule has 16 heavy (non-hydrogen) atoms. The lowest BCUT2D eigenvalue weighted by molar-refractivity contribution is 0.979. The average molecular weight is 251 g/mol. The third-order valence-electron chi connectivity index (χ3n) is 1.99. The molecule has 0 spiro atoms. The van der Waals surface area contributed by atoms with E-state index in [0.29, 0.717) is 0 Å². The summed E-state index contributed by atoms with van der Waals surface area (Å²) in [6.07, 6.45) is 1.12. The minimum absolute atomic E-state index is 0.996. The van der Waals surface area contributed by atoms with Crippen molar-refractivity contribution in [2.45, 2.75) is 10.8 Å². The average Bonchev–Trinajstić information content (AvgIpc) is 2.83. The Morgan fingerprint density at radius 1 is 1.25 bits per heavy atom. The third kappa shape index (κ3) is 3.83. The Kier molecular flexibility index (Phi) is 4.64. The molecule has 0 aliphatic heterocycles. The van der Waals surface area contributed by atoms with Crippen molar-refractivity contribution >= 4 is 28.8 Å². The highest BCUT2D eigenvalue weighted by Crippen LogP contribution is 2.19. The van der Waals surface area contributed by atoms with Crippen LogP contribution in [0.1, 0.15) is 6.42 Å². The number of nitrogens with zero attached hydrogens (tertiary/aromatic N) is 2. The number of benzene rings is 1. The zero-order valence-electron chi connectivity index (χ0n) is 8.80. The zero-order valence-corrected chi connectivity index (χ0v) is 10.4. The third-order valence-corrected chi connectivity index (χ3v) is 3.94. The lowest BCUT2D eigenvalue weighted by Crippen LogP contribution is -2.01. The fourth-order valence-electron chi connectivity index (χ4n) is 1.25. The van der Waals surface area contributed by atoms with Crippen molar-refractivity contribution < 1.29 is 0 Å². The molecule has 0 unspecified atom stereocenters. The maximum atomic E-state index is 3.98. The van der Waals surface area contributed by atoms with E-state index in [1.165, 1.54) is 5.69 Å². The molecule has 0 fully saturated rings. The molecule has 1 aromatic carbocycles. The summed E-state index contributed by atoms with van der Waals surface area (Å²) in [6.45, 7) is 0.996. The number of rotatable bonds is 6. The van der Waals surface area contributed by atoms with E-state index in [1.54, 1.807) is 28.6 Å². The van der Waals surface area contributed by atoms with E-state index in [0.717, 1.165) is 23.1 Å². The number of aromatic nitrogens is 2. The summed E-state index contributed by atoms with van der Waals surface area (Å²) in [5.41, 5.74) is 2.95. The Balaban J connectivity index is 1.59. The SMILES string of the molecule is c1ccc(NCCCSc2nncs2)cc1. The second-order valence-electron chi connectivity index (χ2n) is 3.20. The van der Waals surface area contributed by atoms with Crippen molar-refractivity contribution in [2.24, 2.45) is 0 Å². The molecule has 0 bridgehead atoms. The van der Waals surface area contributed by atoms with Crippen LogP contribution in [0.2, 0.25) is 0 Å². The predicted molar refractivity (Wildman–Crippen MR) is 70.2 cm³/mol. The van der Waals surface area contributed by atoms with Gasteiger partial charge in [0.15, 0.2) is 4.34 Å². The zero-order chi connectivity index (χ0) is 11.1. The van der Waals surface area contributed by atoms with Crippen LogP contribution in [-0.2, 0) is 0 Å². The van der Waals surface area contributed by atoms with Gasteiger partial charge in [-0.2, -0.15) is 0 Å². The van der Waals surface area contributed by atoms with Crippen LogP contribution < -0.4 is 5.32 Å². The number of thioether (sulfide) groups is 1. The summed E-state index contributed by atoms with van der Waals surface area (Å²) < 4.78 is 1.06. The number of nitrogens with one attached hydrogen (secondary N) is 1. The quantitative estimate of drug-likeness (QED) is 0.632. The van der Waals surface area contributed by atoms with Crippen molar-refractivity contribution in [1.82, 2.24) is 10.2 Å². The van der Waals surface area contributed by atoms with Crippen molar-refractivity contribution in [3.63, 3.8) is 0 Å². The molecule has 1 aromatic heterocycles. The van der Waals surface area contributed by atoms with Gasteiger partial charge in [-0.25, -0.2) is 0 Å². The highest BCUT2D eigenvalue weighted by Gasteiger charge is 1.96. The first kappa shape index (κ1) is 11.4. The maximum absolute atomic E-state index is 3.98. The molecule has 1 N–H and O–H groups in total. The Labute approximate surface area is 103 Å². The molecule has 5 heteroatoms. The van der Waals surface area contributed by atoms with Crippen molar-refractivity contribution in [1.29, 1.82) is 0 Å². The summed E-state index contributed by atoms with van der Waals surface area (Å²) in [6, 6.07) is 10.3. The fourth-order valence-corrected chi connectivity index (χ4v) is 2.74. The molecule has 0 aliphatic carbocycles. The van der Waals surface area contributed by atoms with E-state index < -0.39 is 0 Å². The van der Waals surface area contributed by atoms with E-state index in [-0.39, 0.29) is 0 Å². The molecule has 0 amide bonds. The Morgan fingerprint density at radius 3 is 2.88 bits per heavy atom. The number of anilines is 1. The summed E-state index contributed by atoms with van der Waals surface area (Å²) in [5, 5.41) is 11.2. The Hall–Kier alpha value is -1.07. The summed E-state index contributed by atoms with van der Waals surface area (Å²) in [4.78, 5) is 0. The summed E-state index contributed by atoms with van der Waals surface area (Å²) in [5.74, 6) is 1.08. The molecule has 3 nitrogen and oxygen atoms in total. The Morgan fingerprint density at radius 2 is 2.12 bits per heavy atom. The highest BCUT2D eigenvalue weighted by molar-refractivity contribution is 8.00. The molecule has 2 aromatic rings. The molecule has 0 saturated carbocycles. The molecule has 0 radical (unpaired) electrons. The Bertz CT molecular complexity index is 389. The van der Waals surface area contributed by atoms with Gasteiger partial charge in [-0.05, 0) is 18.6 Å². The second kappa shape index (κ2) is 6.50. The van der Waals surface area contributed by atoms with Gasteiger partial charge in [0.2, 0.25) is 0 Å². The monoisotopic (exact) mass is 251 g/mol. The fraction of sp³-hybridized carbons (Fsp3) is 0.273. The maximum Gasteiger partial charge on any atom is 0.174 e. The number of hydrogen-bond donors (Lipinski definition) is 1. The van der Waals surface area contributed by atoms with Gasteiger partial charge in [-0.1, -0.05) is 41.3 Å². The van der Waals surface area contributed by atoms with Gasteiger partial charge in [-0.3, -0.25) is 0 Å². The topological polar surface area (TPSA) is 37.8 Å². The molecule has 0 atom stereocenters. The molecule has 0 saturated heterocycles. The van der Waals surface area contributed by atoms with Gasteiger partial charge >= 0.3 is 0 Å². The molecule has 0 aliphatic rings. The van der Waals surface area contributed by atoms with E-state index in [4.69, 9.17) is 0 Å². The van der Waals surface area contributed by atoms with Crippen LogP contribution in [0.5, 0.6) is 0 Å². The minimum Gasteiger partial charge on any atom is -0.385 e. The van der Waals surface area contributed by atoms with E-state index in [2.05, 4.69) is 27.6 Å². The van der Waals surface area contributed by atoms with Crippen molar-refractivity contribution in [2.75, 3.05) is 17.6 Å². The molecular weight excluding hydrogens is 238 g/mol. The van der Waals surface area contributed by atoms with Gasteiger partial charge < -0.3 is 5.32 Å². The largest absolute Gasteiger partial charge is 0.385 e. The van der Waals surface area contributed by atoms with Crippen molar-refractivity contribution in [3.05, 3.63) is 35.8 Å².